The summed E-state index contributed by atoms with van der Waals surface area (Å²) >= 11 is 7.61. The lowest BCUT2D eigenvalue weighted by Gasteiger charge is -2.18. The van der Waals surface area contributed by atoms with E-state index in [-0.39, 0.29) is 11.9 Å². The molecule has 0 saturated heterocycles. The number of aryl methyl sites for hydroxylation is 1. The minimum atomic E-state index is -0.714. The molecule has 1 atom stereocenters. The summed E-state index contributed by atoms with van der Waals surface area (Å²) in [6.07, 6.45) is 3.65. The van der Waals surface area contributed by atoms with Crippen molar-refractivity contribution < 1.29 is 19.1 Å². The number of thiophene rings is 1. The van der Waals surface area contributed by atoms with E-state index in [2.05, 4.69) is 5.32 Å². The first-order valence-corrected chi connectivity index (χ1v) is 10.8. The Morgan fingerprint density at radius 1 is 1.21 bits per heavy atom. The Morgan fingerprint density at radius 2 is 1.96 bits per heavy atom. The molecule has 1 aromatic carbocycles. The lowest BCUT2D eigenvalue weighted by atomic mass is 9.95. The molecule has 0 bridgehead atoms. The van der Waals surface area contributed by atoms with E-state index in [1.165, 1.54) is 11.3 Å². The summed E-state index contributed by atoms with van der Waals surface area (Å²) in [4.78, 5) is 26.6. The standard InChI is InChI=1S/C21H24ClNO4S/c1-3-15(27-16-11-7-6-10-14(16)22)19(24)23-20-18(21(25)26-4-2)13-9-5-8-12-17(13)28-20/h6-7,10-11,15H,3-5,8-9,12H2,1-2H3,(H,23,24)/t15-/m1/s1. The summed E-state index contributed by atoms with van der Waals surface area (Å²) in [5, 5.41) is 3.91. The maximum Gasteiger partial charge on any atom is 0.341 e. The van der Waals surface area contributed by atoms with Crippen molar-refractivity contribution in [3.63, 3.8) is 0 Å². The number of nitrogens with one attached hydrogen (secondary N) is 1. The molecular formula is C21H24ClNO4S. The van der Waals surface area contributed by atoms with Crippen LogP contribution in [0.3, 0.4) is 0 Å². The van der Waals surface area contributed by atoms with Crippen molar-refractivity contribution in [1.29, 1.82) is 0 Å². The molecule has 0 spiro atoms. The number of hydrogen-bond acceptors (Lipinski definition) is 5. The number of halogens is 1. The lowest BCUT2D eigenvalue weighted by Crippen LogP contribution is -2.32. The van der Waals surface area contributed by atoms with E-state index in [9.17, 15) is 9.59 Å². The van der Waals surface area contributed by atoms with Crippen LogP contribution >= 0.6 is 22.9 Å². The van der Waals surface area contributed by atoms with Crippen LogP contribution in [0.4, 0.5) is 5.00 Å². The highest BCUT2D eigenvalue weighted by Gasteiger charge is 2.29. The van der Waals surface area contributed by atoms with Crippen LogP contribution in [0.5, 0.6) is 5.75 Å². The molecule has 1 amide bonds. The van der Waals surface area contributed by atoms with Gasteiger partial charge < -0.3 is 14.8 Å². The molecule has 5 nitrogen and oxygen atoms in total. The average molecular weight is 422 g/mol. The molecule has 2 aromatic rings. The van der Waals surface area contributed by atoms with E-state index < -0.39 is 6.10 Å². The number of para-hydroxylation sites is 1. The predicted octanol–water partition coefficient (Wildman–Crippen LogP) is 5.25. The third kappa shape index (κ3) is 4.50. The van der Waals surface area contributed by atoms with Crippen molar-refractivity contribution in [2.24, 2.45) is 0 Å². The Labute approximate surface area is 174 Å². The molecule has 7 heteroatoms. The Kier molecular flexibility index (Phi) is 6.97. The van der Waals surface area contributed by atoms with Crippen molar-refractivity contribution in [3.05, 3.63) is 45.3 Å². The number of fused-ring (bicyclic) bond motifs is 1. The molecule has 1 aromatic heterocycles. The van der Waals surface area contributed by atoms with Gasteiger partial charge in [0.1, 0.15) is 10.8 Å². The SMILES string of the molecule is CCOC(=O)c1c(NC(=O)[C@@H](CC)Oc2ccccc2Cl)sc2c1CCCC2. The van der Waals surface area contributed by atoms with Gasteiger partial charge in [0, 0.05) is 4.88 Å². The Balaban J connectivity index is 1.83. The van der Waals surface area contributed by atoms with E-state index in [0.717, 1.165) is 36.1 Å². The molecule has 1 aliphatic carbocycles. The molecule has 0 unspecified atom stereocenters. The number of ether oxygens (including phenoxy) is 2. The summed E-state index contributed by atoms with van der Waals surface area (Å²) in [6.45, 7) is 3.94. The molecule has 0 fully saturated rings. The number of benzene rings is 1. The van der Waals surface area contributed by atoms with E-state index >= 15 is 0 Å². The maximum absolute atomic E-state index is 12.9. The summed E-state index contributed by atoms with van der Waals surface area (Å²) in [5.74, 6) is -0.217. The highest BCUT2D eigenvalue weighted by Crippen LogP contribution is 2.39. The van der Waals surface area contributed by atoms with Gasteiger partial charge in [-0.1, -0.05) is 30.7 Å². The average Bonchev–Trinajstić information content (AvgIpc) is 3.05. The monoisotopic (exact) mass is 421 g/mol. The fourth-order valence-electron chi connectivity index (χ4n) is 3.28. The summed E-state index contributed by atoms with van der Waals surface area (Å²) in [7, 11) is 0. The zero-order valence-corrected chi connectivity index (χ0v) is 17.6. The van der Waals surface area contributed by atoms with Gasteiger partial charge in [0.25, 0.3) is 5.91 Å². The smallest absolute Gasteiger partial charge is 0.341 e. The normalized spacial score (nSPS) is 14.1. The second-order valence-corrected chi connectivity index (χ2v) is 8.08. The number of amides is 1. The van der Waals surface area contributed by atoms with Gasteiger partial charge in [0.05, 0.1) is 17.2 Å². The zero-order valence-electron chi connectivity index (χ0n) is 16.0. The van der Waals surface area contributed by atoms with Crippen LogP contribution in [-0.4, -0.2) is 24.6 Å². The van der Waals surface area contributed by atoms with E-state index in [4.69, 9.17) is 21.1 Å². The molecule has 0 aliphatic heterocycles. The number of anilines is 1. The topological polar surface area (TPSA) is 64.6 Å². The first-order chi connectivity index (χ1) is 13.5. The van der Waals surface area contributed by atoms with Gasteiger partial charge in [-0.05, 0) is 56.7 Å². The number of esters is 1. The van der Waals surface area contributed by atoms with Gasteiger partial charge in [-0.15, -0.1) is 11.3 Å². The fraction of sp³-hybridized carbons (Fsp3) is 0.429. The fourth-order valence-corrected chi connectivity index (χ4v) is 4.74. The quantitative estimate of drug-likeness (QED) is 0.620. The van der Waals surface area contributed by atoms with Gasteiger partial charge in [-0.25, -0.2) is 4.79 Å². The minimum Gasteiger partial charge on any atom is -0.479 e. The first-order valence-electron chi connectivity index (χ1n) is 9.58. The van der Waals surface area contributed by atoms with Gasteiger partial charge >= 0.3 is 5.97 Å². The van der Waals surface area contributed by atoms with Crippen LogP contribution in [0.1, 0.15) is 53.9 Å². The van der Waals surface area contributed by atoms with Gasteiger partial charge in [-0.3, -0.25) is 4.79 Å². The van der Waals surface area contributed by atoms with Crippen LogP contribution in [0, 0.1) is 0 Å². The lowest BCUT2D eigenvalue weighted by molar-refractivity contribution is -0.122. The summed E-state index contributed by atoms with van der Waals surface area (Å²) < 4.78 is 11.1. The van der Waals surface area contributed by atoms with Crippen molar-refractivity contribution >= 4 is 39.8 Å². The van der Waals surface area contributed by atoms with Crippen LogP contribution in [0.25, 0.3) is 0 Å². The molecule has 150 valence electrons. The highest BCUT2D eigenvalue weighted by molar-refractivity contribution is 7.17. The molecule has 1 N–H and O–H groups in total. The third-order valence-corrected chi connectivity index (χ3v) is 6.18. The van der Waals surface area contributed by atoms with Crippen molar-refractivity contribution in [2.45, 2.75) is 52.1 Å². The van der Waals surface area contributed by atoms with Crippen LogP contribution in [-0.2, 0) is 22.4 Å². The zero-order chi connectivity index (χ0) is 20.1. The number of rotatable bonds is 7. The maximum atomic E-state index is 12.9. The van der Waals surface area contributed by atoms with E-state index in [1.54, 1.807) is 31.2 Å². The van der Waals surface area contributed by atoms with Crippen molar-refractivity contribution in [3.8, 4) is 5.75 Å². The minimum absolute atomic E-state index is 0.296. The number of carbonyl (C=O) groups is 2. The summed E-state index contributed by atoms with van der Waals surface area (Å²) in [6, 6.07) is 7.05. The van der Waals surface area contributed by atoms with Crippen LogP contribution < -0.4 is 10.1 Å². The molecule has 0 radical (unpaired) electrons. The first kappa shape index (κ1) is 20.7. The van der Waals surface area contributed by atoms with E-state index in [1.807, 2.05) is 6.92 Å². The Bertz CT molecular complexity index is 864. The second-order valence-electron chi connectivity index (χ2n) is 6.57. The van der Waals surface area contributed by atoms with Gasteiger partial charge in [0.15, 0.2) is 6.10 Å². The highest BCUT2D eigenvalue weighted by atomic mass is 35.5. The predicted molar refractivity (Wildman–Crippen MR) is 112 cm³/mol. The van der Waals surface area contributed by atoms with Crippen molar-refractivity contribution in [1.82, 2.24) is 0 Å². The van der Waals surface area contributed by atoms with Gasteiger partial charge in [-0.2, -0.15) is 0 Å². The molecule has 3 rings (SSSR count). The molecule has 0 saturated carbocycles. The van der Waals surface area contributed by atoms with Gasteiger partial charge in [0.2, 0.25) is 0 Å². The Hall–Kier alpha value is -2.05. The largest absolute Gasteiger partial charge is 0.479 e. The second kappa shape index (κ2) is 9.43. The van der Waals surface area contributed by atoms with Crippen molar-refractivity contribution in [2.75, 3.05) is 11.9 Å². The van der Waals surface area contributed by atoms with Crippen LogP contribution in [0.2, 0.25) is 5.02 Å². The Morgan fingerprint density at radius 3 is 2.68 bits per heavy atom. The third-order valence-electron chi connectivity index (χ3n) is 4.66. The molecule has 28 heavy (non-hydrogen) atoms. The number of carbonyl (C=O) groups excluding carboxylic acids is 2. The molecule has 1 aliphatic rings. The molecular weight excluding hydrogens is 398 g/mol. The van der Waals surface area contributed by atoms with Crippen LogP contribution in [0.15, 0.2) is 24.3 Å². The molecule has 1 heterocycles. The summed E-state index contributed by atoms with van der Waals surface area (Å²) in [5.41, 5.74) is 1.52. The van der Waals surface area contributed by atoms with E-state index in [0.29, 0.717) is 34.4 Å². The number of hydrogen-bond donors (Lipinski definition) is 1.